The van der Waals surface area contributed by atoms with E-state index in [0.29, 0.717) is 5.54 Å². The van der Waals surface area contributed by atoms with Crippen molar-refractivity contribution >= 4 is 24.0 Å². The van der Waals surface area contributed by atoms with Gasteiger partial charge in [-0.3, -0.25) is 4.90 Å². The van der Waals surface area contributed by atoms with Crippen molar-refractivity contribution in [3.8, 4) is 0 Å². The third kappa shape index (κ3) is 2.36. The molecular formula is C7H17IN2. The minimum Gasteiger partial charge on any atom is -0.314 e. The molecule has 0 saturated carbocycles. The van der Waals surface area contributed by atoms with Crippen molar-refractivity contribution in [3.63, 3.8) is 0 Å². The SMILES string of the molecule is CN1CCNCC1(C)C.I. The van der Waals surface area contributed by atoms with Crippen molar-refractivity contribution in [2.75, 3.05) is 26.7 Å². The lowest BCUT2D eigenvalue weighted by atomic mass is 10.0. The van der Waals surface area contributed by atoms with Crippen LogP contribution >= 0.6 is 24.0 Å². The Morgan fingerprint density at radius 2 is 2.00 bits per heavy atom. The molecule has 0 spiro atoms. The molecular weight excluding hydrogens is 239 g/mol. The predicted molar refractivity (Wildman–Crippen MR) is 55.0 cm³/mol. The second-order valence-corrected chi connectivity index (χ2v) is 3.41. The molecule has 10 heavy (non-hydrogen) atoms. The zero-order valence-electron chi connectivity index (χ0n) is 6.98. The molecule has 0 aliphatic carbocycles. The zero-order chi connectivity index (χ0) is 6.91. The molecule has 1 fully saturated rings. The highest BCUT2D eigenvalue weighted by atomic mass is 127. The highest BCUT2D eigenvalue weighted by Gasteiger charge is 2.25. The summed E-state index contributed by atoms with van der Waals surface area (Å²) in [5.41, 5.74) is 0.359. The van der Waals surface area contributed by atoms with Crippen molar-refractivity contribution < 1.29 is 0 Å². The van der Waals surface area contributed by atoms with Gasteiger partial charge in [-0.15, -0.1) is 24.0 Å². The monoisotopic (exact) mass is 256 g/mol. The fourth-order valence-electron chi connectivity index (χ4n) is 1.08. The molecule has 0 amide bonds. The largest absolute Gasteiger partial charge is 0.314 e. The van der Waals surface area contributed by atoms with Crippen molar-refractivity contribution in [1.82, 2.24) is 10.2 Å². The third-order valence-corrected chi connectivity index (χ3v) is 2.21. The van der Waals surface area contributed by atoms with Gasteiger partial charge in [-0.05, 0) is 20.9 Å². The van der Waals surface area contributed by atoms with Crippen molar-refractivity contribution in [1.29, 1.82) is 0 Å². The van der Waals surface area contributed by atoms with E-state index in [-0.39, 0.29) is 24.0 Å². The van der Waals surface area contributed by atoms with E-state index in [9.17, 15) is 0 Å². The highest BCUT2D eigenvalue weighted by molar-refractivity contribution is 14.0. The third-order valence-electron chi connectivity index (χ3n) is 2.21. The van der Waals surface area contributed by atoms with E-state index in [4.69, 9.17) is 0 Å². The number of halogens is 1. The standard InChI is InChI=1S/C7H16N2.HI/c1-7(2)6-8-4-5-9(7)3;/h8H,4-6H2,1-3H3;1H. The maximum atomic E-state index is 3.36. The molecule has 0 radical (unpaired) electrons. The highest BCUT2D eigenvalue weighted by Crippen LogP contribution is 2.12. The number of likely N-dealkylation sites (N-methyl/N-ethyl adjacent to an activating group) is 1. The van der Waals surface area contributed by atoms with Gasteiger partial charge in [0.25, 0.3) is 0 Å². The van der Waals surface area contributed by atoms with Gasteiger partial charge in [0.2, 0.25) is 0 Å². The van der Waals surface area contributed by atoms with Gasteiger partial charge in [-0.1, -0.05) is 0 Å². The predicted octanol–water partition coefficient (Wildman–Crippen LogP) is 0.918. The van der Waals surface area contributed by atoms with Gasteiger partial charge < -0.3 is 5.32 Å². The summed E-state index contributed by atoms with van der Waals surface area (Å²) < 4.78 is 0. The first kappa shape index (κ1) is 10.7. The van der Waals surface area contributed by atoms with Gasteiger partial charge in [-0.25, -0.2) is 0 Å². The molecule has 0 aromatic carbocycles. The summed E-state index contributed by atoms with van der Waals surface area (Å²) in [5, 5.41) is 3.36. The van der Waals surface area contributed by atoms with Crippen LogP contribution in [0.3, 0.4) is 0 Å². The van der Waals surface area contributed by atoms with Crippen LogP contribution in [0.5, 0.6) is 0 Å². The van der Waals surface area contributed by atoms with Crippen molar-refractivity contribution in [2.45, 2.75) is 19.4 Å². The summed E-state index contributed by atoms with van der Waals surface area (Å²) >= 11 is 0. The Morgan fingerprint density at radius 3 is 2.30 bits per heavy atom. The van der Waals surface area contributed by atoms with Crippen molar-refractivity contribution in [2.24, 2.45) is 0 Å². The minimum absolute atomic E-state index is 0. The summed E-state index contributed by atoms with van der Waals surface area (Å²) in [6.07, 6.45) is 0. The molecule has 0 aromatic rings. The van der Waals surface area contributed by atoms with Gasteiger partial charge in [0.15, 0.2) is 0 Å². The molecule has 62 valence electrons. The zero-order valence-corrected chi connectivity index (χ0v) is 9.31. The number of hydrogen-bond acceptors (Lipinski definition) is 2. The Labute approximate surface area is 80.4 Å². The number of nitrogens with one attached hydrogen (secondary N) is 1. The molecule has 1 N–H and O–H groups in total. The van der Waals surface area contributed by atoms with Crippen LogP contribution in [0.25, 0.3) is 0 Å². The minimum atomic E-state index is 0. The van der Waals surface area contributed by atoms with Crippen molar-refractivity contribution in [3.05, 3.63) is 0 Å². The van der Waals surface area contributed by atoms with Crippen LogP contribution in [-0.4, -0.2) is 37.1 Å². The second-order valence-electron chi connectivity index (χ2n) is 3.41. The molecule has 1 aliphatic heterocycles. The Kier molecular flexibility index (Phi) is 4.13. The lowest BCUT2D eigenvalue weighted by molar-refractivity contribution is 0.123. The van der Waals surface area contributed by atoms with Crippen LogP contribution in [0.2, 0.25) is 0 Å². The van der Waals surface area contributed by atoms with Gasteiger partial charge in [0.05, 0.1) is 0 Å². The molecule has 3 heteroatoms. The van der Waals surface area contributed by atoms with Gasteiger partial charge in [-0.2, -0.15) is 0 Å². The number of hydrogen-bond donors (Lipinski definition) is 1. The molecule has 1 rings (SSSR count). The molecule has 0 aromatic heterocycles. The van der Waals surface area contributed by atoms with Gasteiger partial charge >= 0.3 is 0 Å². The average Bonchev–Trinajstić information content (AvgIpc) is 1.77. The molecule has 0 unspecified atom stereocenters. The molecule has 2 nitrogen and oxygen atoms in total. The van der Waals surface area contributed by atoms with E-state index in [0.717, 1.165) is 13.1 Å². The van der Waals surface area contributed by atoms with E-state index in [1.165, 1.54) is 6.54 Å². The lowest BCUT2D eigenvalue weighted by Crippen LogP contribution is -2.55. The molecule has 1 heterocycles. The second kappa shape index (κ2) is 3.88. The molecule has 1 saturated heterocycles. The maximum Gasteiger partial charge on any atom is 0.0275 e. The number of piperazine rings is 1. The lowest BCUT2D eigenvalue weighted by Gasteiger charge is -2.40. The van der Waals surface area contributed by atoms with Crippen LogP contribution in [-0.2, 0) is 0 Å². The topological polar surface area (TPSA) is 15.3 Å². The summed E-state index contributed by atoms with van der Waals surface area (Å²) in [7, 11) is 2.18. The van der Waals surface area contributed by atoms with Crippen LogP contribution in [0.4, 0.5) is 0 Å². The summed E-state index contributed by atoms with van der Waals surface area (Å²) in [4.78, 5) is 2.39. The summed E-state index contributed by atoms with van der Waals surface area (Å²) in [6.45, 7) is 7.95. The first-order valence-corrected chi connectivity index (χ1v) is 3.55. The van der Waals surface area contributed by atoms with Crippen LogP contribution in [0.15, 0.2) is 0 Å². The average molecular weight is 256 g/mol. The first-order valence-electron chi connectivity index (χ1n) is 3.55. The summed E-state index contributed by atoms with van der Waals surface area (Å²) in [6, 6.07) is 0. The Bertz CT molecular complexity index is 104. The summed E-state index contributed by atoms with van der Waals surface area (Å²) in [5.74, 6) is 0. The van der Waals surface area contributed by atoms with E-state index in [1.54, 1.807) is 0 Å². The van der Waals surface area contributed by atoms with Crippen LogP contribution < -0.4 is 5.32 Å². The van der Waals surface area contributed by atoms with E-state index < -0.39 is 0 Å². The molecule has 0 atom stereocenters. The van der Waals surface area contributed by atoms with E-state index in [2.05, 4.69) is 31.1 Å². The van der Waals surface area contributed by atoms with E-state index in [1.807, 2.05) is 0 Å². The van der Waals surface area contributed by atoms with E-state index >= 15 is 0 Å². The molecule has 1 aliphatic rings. The maximum absolute atomic E-state index is 3.36. The molecule has 0 bridgehead atoms. The Hall–Kier alpha value is 0.650. The normalized spacial score (nSPS) is 25.5. The smallest absolute Gasteiger partial charge is 0.0275 e. The number of nitrogens with zero attached hydrogens (tertiary/aromatic N) is 1. The first-order chi connectivity index (χ1) is 4.13. The van der Waals surface area contributed by atoms with Crippen LogP contribution in [0, 0.1) is 0 Å². The number of rotatable bonds is 0. The van der Waals surface area contributed by atoms with Gasteiger partial charge in [0, 0.05) is 25.2 Å². The van der Waals surface area contributed by atoms with Gasteiger partial charge in [0.1, 0.15) is 0 Å². The Balaban J connectivity index is 0.000000810. The fourth-order valence-corrected chi connectivity index (χ4v) is 1.08. The Morgan fingerprint density at radius 1 is 1.40 bits per heavy atom. The quantitative estimate of drug-likeness (QED) is 0.648. The van der Waals surface area contributed by atoms with Crippen LogP contribution in [0.1, 0.15) is 13.8 Å². The fraction of sp³-hybridized carbons (Fsp3) is 1.00.